The molecule has 6 nitrogen and oxygen atoms in total. The second kappa shape index (κ2) is 8.18. The number of nitrogens with two attached hydrogens (primary N) is 2. The van der Waals surface area contributed by atoms with Gasteiger partial charge in [-0.25, -0.2) is 0 Å². The molecular weight excluding hydrogens is 324 g/mol. The number of aromatic nitrogens is 1. The third kappa shape index (κ3) is 4.43. The van der Waals surface area contributed by atoms with Crippen LogP contribution in [-0.2, 0) is 6.54 Å². The minimum absolute atomic E-state index is 0.312. The molecule has 2 aliphatic rings. The summed E-state index contributed by atoms with van der Waals surface area (Å²) in [6.45, 7) is 5.42. The predicted octanol–water partition coefficient (Wildman–Crippen LogP) is 2.46. The first kappa shape index (κ1) is 18.9. The maximum absolute atomic E-state index is 8.59. The summed E-state index contributed by atoms with van der Waals surface area (Å²) in [5.41, 5.74) is 16.0. The van der Waals surface area contributed by atoms with Gasteiger partial charge in [0.2, 0.25) is 0 Å². The number of nitrogens with zero attached hydrogens (tertiary/aromatic N) is 1. The second-order valence-electron chi connectivity index (χ2n) is 7.91. The lowest BCUT2D eigenvalue weighted by molar-refractivity contribution is 0.247. The fourth-order valence-corrected chi connectivity index (χ4v) is 3.39. The van der Waals surface area contributed by atoms with Crippen LogP contribution in [0.1, 0.15) is 50.8 Å². The van der Waals surface area contributed by atoms with Gasteiger partial charge in [0.15, 0.2) is 0 Å². The molecule has 0 spiro atoms. The van der Waals surface area contributed by atoms with Crippen molar-refractivity contribution < 1.29 is 0 Å². The Labute approximate surface area is 156 Å². The maximum atomic E-state index is 8.59. The Balaban J connectivity index is 1.82. The summed E-state index contributed by atoms with van der Waals surface area (Å²) in [7, 11) is 0. The van der Waals surface area contributed by atoms with Crippen LogP contribution in [0.5, 0.6) is 0 Å². The van der Waals surface area contributed by atoms with Crippen molar-refractivity contribution in [3.63, 3.8) is 0 Å². The van der Waals surface area contributed by atoms with Gasteiger partial charge in [-0.2, -0.15) is 0 Å². The summed E-state index contributed by atoms with van der Waals surface area (Å²) in [6.07, 6.45) is 8.26. The molecule has 0 unspecified atom stereocenters. The molecule has 1 heterocycles. The molecular formula is C20H32N6. The van der Waals surface area contributed by atoms with E-state index in [4.69, 9.17) is 16.9 Å². The lowest BCUT2D eigenvalue weighted by Gasteiger charge is -2.34. The predicted molar refractivity (Wildman–Crippen MR) is 108 cm³/mol. The fourth-order valence-electron chi connectivity index (χ4n) is 3.39. The van der Waals surface area contributed by atoms with Gasteiger partial charge in [0.1, 0.15) is 0 Å². The third-order valence-electron chi connectivity index (χ3n) is 5.23. The van der Waals surface area contributed by atoms with E-state index in [-0.39, 0.29) is 0 Å². The number of hydrogen-bond acceptors (Lipinski definition) is 6. The van der Waals surface area contributed by atoms with E-state index >= 15 is 0 Å². The topological polar surface area (TPSA) is 113 Å². The molecule has 6 heteroatoms. The van der Waals surface area contributed by atoms with Crippen LogP contribution < -0.4 is 22.1 Å². The summed E-state index contributed by atoms with van der Waals surface area (Å²) >= 11 is 0. The van der Waals surface area contributed by atoms with E-state index in [1.54, 1.807) is 0 Å². The normalized spacial score (nSPS) is 22.9. The number of rotatable bonds is 9. The van der Waals surface area contributed by atoms with E-state index in [0.29, 0.717) is 36.2 Å². The molecule has 0 radical (unpaired) electrons. The molecule has 2 fully saturated rings. The monoisotopic (exact) mass is 356 g/mol. The average molecular weight is 357 g/mol. The molecule has 2 aliphatic carbocycles. The molecule has 0 aromatic carbocycles. The highest BCUT2D eigenvalue weighted by Crippen LogP contribution is 2.36. The lowest BCUT2D eigenvalue weighted by atomic mass is 9.80. The Bertz CT molecular complexity index is 671. The van der Waals surface area contributed by atoms with Crippen molar-refractivity contribution in [3.05, 3.63) is 29.7 Å². The van der Waals surface area contributed by atoms with Crippen LogP contribution in [0.25, 0.3) is 5.57 Å². The zero-order valence-corrected chi connectivity index (χ0v) is 15.9. The van der Waals surface area contributed by atoms with Crippen molar-refractivity contribution in [2.45, 2.75) is 58.2 Å². The van der Waals surface area contributed by atoms with Gasteiger partial charge in [-0.3, -0.25) is 4.98 Å². The highest BCUT2D eigenvalue weighted by molar-refractivity contribution is 6.23. The van der Waals surface area contributed by atoms with Crippen LogP contribution in [-0.4, -0.2) is 29.3 Å². The quantitative estimate of drug-likeness (QED) is 0.436. The van der Waals surface area contributed by atoms with Gasteiger partial charge in [0.25, 0.3) is 0 Å². The molecule has 1 aromatic rings. The van der Waals surface area contributed by atoms with Crippen LogP contribution >= 0.6 is 0 Å². The Kier molecular flexibility index (Phi) is 5.94. The van der Waals surface area contributed by atoms with E-state index in [1.807, 2.05) is 18.5 Å². The summed E-state index contributed by atoms with van der Waals surface area (Å²) in [6, 6.07) is 2.81. The molecule has 7 N–H and O–H groups in total. The van der Waals surface area contributed by atoms with Gasteiger partial charge in [-0.1, -0.05) is 0 Å². The third-order valence-corrected chi connectivity index (χ3v) is 5.23. The second-order valence-corrected chi connectivity index (χ2v) is 7.91. The molecule has 0 bridgehead atoms. The van der Waals surface area contributed by atoms with Crippen molar-refractivity contribution in [1.29, 1.82) is 5.41 Å². The standard InChI is InChI=1S/C20H32N6/c1-12(2)26-18-7-19(25-10-15(18)9-22)17(20(23)14-3-4-14)11-24-16-5-13(6-16)8-21/h7,10-14,16,23-24H,3-6,8-9,21-22H2,1-2H3,(H,25,26)/b17-11-,23-20?. The zero-order chi connectivity index (χ0) is 18.7. The fraction of sp³-hybridized carbons (Fsp3) is 0.600. The molecule has 1 aromatic heterocycles. The van der Waals surface area contributed by atoms with Gasteiger partial charge < -0.3 is 27.5 Å². The highest BCUT2D eigenvalue weighted by atomic mass is 14.9. The number of nitrogens with one attached hydrogen (secondary N) is 3. The van der Waals surface area contributed by atoms with Crippen LogP contribution in [0.3, 0.4) is 0 Å². The largest absolute Gasteiger partial charge is 0.388 e. The highest BCUT2D eigenvalue weighted by Gasteiger charge is 2.31. The summed E-state index contributed by atoms with van der Waals surface area (Å²) < 4.78 is 0. The summed E-state index contributed by atoms with van der Waals surface area (Å²) in [5.74, 6) is 1.01. The van der Waals surface area contributed by atoms with E-state index in [0.717, 1.165) is 54.7 Å². The molecule has 0 aliphatic heterocycles. The summed E-state index contributed by atoms with van der Waals surface area (Å²) in [5, 5.41) is 15.5. The van der Waals surface area contributed by atoms with E-state index in [2.05, 4.69) is 29.5 Å². The molecule has 3 rings (SSSR count). The molecule has 26 heavy (non-hydrogen) atoms. The number of pyridine rings is 1. The van der Waals surface area contributed by atoms with Crippen molar-refractivity contribution in [3.8, 4) is 0 Å². The average Bonchev–Trinajstić information content (AvgIpc) is 3.41. The van der Waals surface area contributed by atoms with Crippen LogP contribution in [0, 0.1) is 17.2 Å². The maximum Gasteiger partial charge on any atom is 0.0755 e. The molecule has 0 saturated heterocycles. The Hall–Kier alpha value is -1.92. The Morgan fingerprint density at radius 3 is 2.65 bits per heavy atom. The minimum Gasteiger partial charge on any atom is -0.388 e. The molecule has 142 valence electrons. The number of hydrogen-bond donors (Lipinski definition) is 5. The molecule has 0 atom stereocenters. The van der Waals surface area contributed by atoms with Crippen LogP contribution in [0.4, 0.5) is 5.69 Å². The van der Waals surface area contributed by atoms with Crippen molar-refractivity contribution in [2.24, 2.45) is 23.3 Å². The lowest BCUT2D eigenvalue weighted by Crippen LogP contribution is -2.41. The minimum atomic E-state index is 0.312. The van der Waals surface area contributed by atoms with E-state index in [9.17, 15) is 0 Å². The van der Waals surface area contributed by atoms with Gasteiger partial charge in [-0.15, -0.1) is 0 Å². The van der Waals surface area contributed by atoms with E-state index in [1.165, 1.54) is 0 Å². The number of anilines is 1. The molecule has 0 amide bonds. The van der Waals surface area contributed by atoms with Gasteiger partial charge in [0, 0.05) is 59.5 Å². The first-order chi connectivity index (χ1) is 12.5. The first-order valence-electron chi connectivity index (χ1n) is 9.72. The summed E-state index contributed by atoms with van der Waals surface area (Å²) in [4.78, 5) is 4.61. The van der Waals surface area contributed by atoms with Gasteiger partial charge in [0.05, 0.1) is 5.69 Å². The first-order valence-corrected chi connectivity index (χ1v) is 9.72. The van der Waals surface area contributed by atoms with E-state index < -0.39 is 0 Å². The molecule has 2 saturated carbocycles. The van der Waals surface area contributed by atoms with Crippen molar-refractivity contribution in [1.82, 2.24) is 10.3 Å². The van der Waals surface area contributed by atoms with Crippen molar-refractivity contribution >= 4 is 17.0 Å². The van der Waals surface area contributed by atoms with Crippen LogP contribution in [0.2, 0.25) is 0 Å². The van der Waals surface area contributed by atoms with Crippen LogP contribution in [0.15, 0.2) is 18.5 Å². The zero-order valence-electron chi connectivity index (χ0n) is 15.9. The van der Waals surface area contributed by atoms with Gasteiger partial charge >= 0.3 is 0 Å². The number of allylic oxidation sites excluding steroid dienone is 1. The Morgan fingerprint density at radius 2 is 2.08 bits per heavy atom. The Morgan fingerprint density at radius 1 is 1.35 bits per heavy atom. The van der Waals surface area contributed by atoms with Crippen molar-refractivity contribution in [2.75, 3.05) is 11.9 Å². The SMILES string of the molecule is CC(C)Nc1cc(/C(=C/NC2CC(CN)C2)C(=N)C2CC2)ncc1CN. The smallest absolute Gasteiger partial charge is 0.0755 e. The van der Waals surface area contributed by atoms with Gasteiger partial charge in [-0.05, 0) is 58.1 Å².